The number of nitrogens with one attached hydrogen (secondary N) is 3. The van der Waals surface area contributed by atoms with Gasteiger partial charge in [0, 0.05) is 18.0 Å². The van der Waals surface area contributed by atoms with Crippen LogP contribution >= 0.6 is 0 Å². The molecule has 3 aromatic heterocycles. The van der Waals surface area contributed by atoms with Gasteiger partial charge in [0.1, 0.15) is 23.5 Å². The van der Waals surface area contributed by atoms with Crippen LogP contribution in [0.2, 0.25) is 0 Å². The van der Waals surface area contributed by atoms with E-state index in [9.17, 15) is 9.59 Å². The Bertz CT molecular complexity index is 1230. The molecule has 0 unspecified atom stereocenters. The van der Waals surface area contributed by atoms with E-state index in [0.29, 0.717) is 28.3 Å². The molecule has 0 spiro atoms. The Hall–Kier alpha value is -3.49. The summed E-state index contributed by atoms with van der Waals surface area (Å²) < 4.78 is 8.37. The van der Waals surface area contributed by atoms with Gasteiger partial charge in [0.25, 0.3) is 5.56 Å². The zero-order valence-electron chi connectivity index (χ0n) is 16.2. The van der Waals surface area contributed by atoms with E-state index >= 15 is 0 Å². The van der Waals surface area contributed by atoms with Gasteiger partial charge in [0.15, 0.2) is 5.58 Å². The predicted molar refractivity (Wildman–Crippen MR) is 107 cm³/mol. The lowest BCUT2D eigenvalue weighted by Crippen LogP contribution is -2.31. The van der Waals surface area contributed by atoms with E-state index in [4.69, 9.17) is 15.2 Å². The zero-order chi connectivity index (χ0) is 20.7. The van der Waals surface area contributed by atoms with Crippen LogP contribution in [0.5, 0.6) is 0 Å². The highest BCUT2D eigenvalue weighted by molar-refractivity contribution is 5.90. The third-order valence-corrected chi connectivity index (χ3v) is 4.90. The van der Waals surface area contributed by atoms with E-state index in [1.807, 2.05) is 13.8 Å². The summed E-state index contributed by atoms with van der Waals surface area (Å²) in [7, 11) is 0. The van der Waals surface area contributed by atoms with Crippen molar-refractivity contribution in [3.63, 3.8) is 0 Å². The maximum Gasteiger partial charge on any atom is 0.278 e. The fourth-order valence-corrected chi connectivity index (χ4v) is 3.21. The molecule has 0 aromatic carbocycles. The molecule has 0 radical (unpaired) electrons. The zero-order valence-corrected chi connectivity index (χ0v) is 16.2. The first-order chi connectivity index (χ1) is 13.9. The van der Waals surface area contributed by atoms with E-state index in [1.54, 1.807) is 12.1 Å². The standard InChI is InChI=1S/C20H22N6O3/c1-11(2)18-19-14(7-15(29-19)12-3-4-12)20(28)26(24-18)9-17(27)23-13-5-6-16(22)25(8-13)10-21/h5-8,10-12,21-22H,3-4,9H2,1-2H3,(H,23,27). The number of pyridine rings is 1. The molecule has 1 fully saturated rings. The summed E-state index contributed by atoms with van der Waals surface area (Å²) in [5.74, 6) is 0.796. The van der Waals surface area contributed by atoms with Gasteiger partial charge in [-0.1, -0.05) is 13.8 Å². The Balaban J connectivity index is 1.65. The van der Waals surface area contributed by atoms with Crippen molar-refractivity contribution >= 4 is 28.9 Å². The summed E-state index contributed by atoms with van der Waals surface area (Å²) in [5.41, 5.74) is 1.36. The van der Waals surface area contributed by atoms with Gasteiger partial charge in [-0.3, -0.25) is 25.0 Å². The van der Waals surface area contributed by atoms with Crippen molar-refractivity contribution in [3.8, 4) is 0 Å². The van der Waals surface area contributed by atoms with Gasteiger partial charge in [0.2, 0.25) is 5.91 Å². The Morgan fingerprint density at radius 3 is 2.83 bits per heavy atom. The predicted octanol–water partition coefficient (Wildman–Crippen LogP) is 2.37. The molecule has 3 heterocycles. The molecule has 29 heavy (non-hydrogen) atoms. The minimum absolute atomic E-state index is 0.0294. The van der Waals surface area contributed by atoms with Crippen molar-refractivity contribution in [3.05, 3.63) is 51.7 Å². The van der Waals surface area contributed by atoms with Gasteiger partial charge in [0.05, 0.1) is 17.4 Å². The summed E-state index contributed by atoms with van der Waals surface area (Å²) in [6.07, 6.45) is 4.56. The second kappa shape index (κ2) is 7.16. The number of hydrogen-bond donors (Lipinski definition) is 3. The highest BCUT2D eigenvalue weighted by Gasteiger charge is 2.29. The van der Waals surface area contributed by atoms with Crippen LogP contribution < -0.4 is 16.4 Å². The average molecular weight is 394 g/mol. The number of aromatic nitrogens is 3. The lowest BCUT2D eigenvalue weighted by molar-refractivity contribution is -0.117. The highest BCUT2D eigenvalue weighted by atomic mass is 16.3. The van der Waals surface area contributed by atoms with Gasteiger partial charge in [-0.25, -0.2) is 4.68 Å². The molecular formula is C20H22N6O3. The molecule has 0 aliphatic heterocycles. The molecule has 1 saturated carbocycles. The number of carbonyl (C=O) groups is 1. The molecule has 0 atom stereocenters. The molecule has 1 aliphatic carbocycles. The topological polar surface area (TPSA) is 130 Å². The number of furan rings is 1. The molecule has 3 N–H and O–H groups in total. The van der Waals surface area contributed by atoms with Crippen LogP contribution in [0.15, 0.2) is 33.6 Å². The average Bonchev–Trinajstić information content (AvgIpc) is 3.44. The van der Waals surface area contributed by atoms with Gasteiger partial charge in [-0.05, 0) is 31.0 Å². The number of fused-ring (bicyclic) bond motifs is 1. The number of anilines is 1. The largest absolute Gasteiger partial charge is 0.459 e. The van der Waals surface area contributed by atoms with Crippen LogP contribution in [0, 0.1) is 10.8 Å². The monoisotopic (exact) mass is 394 g/mol. The molecule has 0 saturated heterocycles. The van der Waals surface area contributed by atoms with E-state index in [1.165, 1.54) is 21.5 Å². The van der Waals surface area contributed by atoms with Crippen molar-refractivity contribution < 1.29 is 9.21 Å². The lowest BCUT2D eigenvalue weighted by Gasteiger charge is -2.11. The van der Waals surface area contributed by atoms with Gasteiger partial charge >= 0.3 is 0 Å². The molecule has 0 bridgehead atoms. The molecule has 150 valence electrons. The number of carbonyl (C=O) groups excluding carboxylic acids is 1. The Kier molecular flexibility index (Phi) is 4.65. The van der Waals surface area contributed by atoms with Crippen molar-refractivity contribution in [1.29, 1.82) is 10.8 Å². The SMILES string of the molecule is CC(C)c1nn(CC(=O)Nc2ccc(=N)n(C=N)c2)c(=O)c2cc(C3CC3)oc12. The van der Waals surface area contributed by atoms with E-state index in [0.717, 1.165) is 24.9 Å². The Labute approximate surface area is 166 Å². The second-order valence-electron chi connectivity index (χ2n) is 7.56. The van der Waals surface area contributed by atoms with Gasteiger partial charge in [-0.15, -0.1) is 0 Å². The Morgan fingerprint density at radius 2 is 2.17 bits per heavy atom. The first kappa shape index (κ1) is 18.9. The van der Waals surface area contributed by atoms with Crippen LogP contribution in [0.1, 0.15) is 50.0 Å². The number of amides is 1. The van der Waals surface area contributed by atoms with E-state index in [-0.39, 0.29) is 23.5 Å². The second-order valence-corrected chi connectivity index (χ2v) is 7.56. The van der Waals surface area contributed by atoms with E-state index in [2.05, 4.69) is 10.4 Å². The van der Waals surface area contributed by atoms with Crippen molar-refractivity contribution in [1.82, 2.24) is 14.3 Å². The first-order valence-corrected chi connectivity index (χ1v) is 9.49. The number of hydrogen-bond acceptors (Lipinski definition) is 6. The molecule has 3 aromatic rings. The summed E-state index contributed by atoms with van der Waals surface area (Å²) in [5, 5.41) is 22.5. The molecule has 9 heteroatoms. The fraction of sp³-hybridized carbons (Fsp3) is 0.350. The minimum atomic E-state index is -0.422. The smallest absolute Gasteiger partial charge is 0.278 e. The maximum absolute atomic E-state index is 12.9. The molecule has 1 amide bonds. The van der Waals surface area contributed by atoms with Crippen LogP contribution in [0.4, 0.5) is 5.69 Å². The van der Waals surface area contributed by atoms with Crippen LogP contribution in [0.3, 0.4) is 0 Å². The fourth-order valence-electron chi connectivity index (χ4n) is 3.21. The lowest BCUT2D eigenvalue weighted by atomic mass is 10.1. The van der Waals surface area contributed by atoms with Gasteiger partial charge in [-0.2, -0.15) is 5.10 Å². The third-order valence-electron chi connectivity index (χ3n) is 4.90. The first-order valence-electron chi connectivity index (χ1n) is 9.49. The van der Waals surface area contributed by atoms with Crippen LogP contribution in [-0.4, -0.2) is 26.6 Å². The molecule has 4 rings (SSSR count). The summed E-state index contributed by atoms with van der Waals surface area (Å²) >= 11 is 0. The summed E-state index contributed by atoms with van der Waals surface area (Å²) in [6, 6.07) is 4.83. The normalized spacial score (nSPS) is 13.8. The molecular weight excluding hydrogens is 372 g/mol. The van der Waals surface area contributed by atoms with Crippen LogP contribution in [-0.2, 0) is 11.3 Å². The molecule has 9 nitrogen and oxygen atoms in total. The van der Waals surface area contributed by atoms with Gasteiger partial charge < -0.3 is 9.73 Å². The van der Waals surface area contributed by atoms with E-state index < -0.39 is 5.91 Å². The number of rotatable bonds is 6. The van der Waals surface area contributed by atoms with Crippen LogP contribution in [0.25, 0.3) is 11.0 Å². The van der Waals surface area contributed by atoms with Crippen molar-refractivity contribution in [2.75, 3.05) is 5.32 Å². The number of nitrogens with zero attached hydrogens (tertiary/aromatic N) is 3. The maximum atomic E-state index is 12.9. The van der Waals surface area contributed by atoms with Crippen molar-refractivity contribution in [2.45, 2.75) is 45.1 Å². The third kappa shape index (κ3) is 3.63. The Morgan fingerprint density at radius 1 is 1.41 bits per heavy atom. The summed E-state index contributed by atoms with van der Waals surface area (Å²) in [6.45, 7) is 3.69. The van der Waals surface area contributed by atoms with Crippen molar-refractivity contribution in [2.24, 2.45) is 0 Å². The minimum Gasteiger partial charge on any atom is -0.459 e. The highest BCUT2D eigenvalue weighted by Crippen LogP contribution is 2.42. The summed E-state index contributed by atoms with van der Waals surface area (Å²) in [4.78, 5) is 25.4. The molecule has 1 aliphatic rings. The quantitative estimate of drug-likeness (QED) is 0.438.